The van der Waals surface area contributed by atoms with E-state index in [1.165, 1.54) is 24.3 Å². The minimum absolute atomic E-state index is 0.1000. The van der Waals surface area contributed by atoms with Crippen molar-refractivity contribution >= 4 is 17.8 Å². The molecule has 1 aliphatic carbocycles. The molecule has 0 aromatic heterocycles. The lowest BCUT2D eigenvalue weighted by Crippen LogP contribution is -2.46. The van der Waals surface area contributed by atoms with Crippen LogP contribution < -0.4 is 10.6 Å². The minimum atomic E-state index is -1.30. The van der Waals surface area contributed by atoms with Gasteiger partial charge in [0.2, 0.25) is 5.91 Å². The summed E-state index contributed by atoms with van der Waals surface area (Å²) in [5.41, 5.74) is -0.827. The first kappa shape index (κ1) is 18.4. The maximum atomic E-state index is 13.1. The average Bonchev–Trinajstić information content (AvgIpc) is 2.82. The van der Waals surface area contributed by atoms with Gasteiger partial charge in [-0.05, 0) is 56.2 Å². The quantitative estimate of drug-likeness (QED) is 0.808. The van der Waals surface area contributed by atoms with E-state index >= 15 is 0 Å². The maximum absolute atomic E-state index is 13.1. The number of imide groups is 1. The molecule has 7 heteroatoms. The van der Waals surface area contributed by atoms with Gasteiger partial charge in [0.1, 0.15) is 17.9 Å². The Bertz CT molecular complexity index is 713. The molecule has 1 aliphatic heterocycles. The summed E-state index contributed by atoms with van der Waals surface area (Å²) in [5.74, 6) is -0.601. The van der Waals surface area contributed by atoms with Gasteiger partial charge in [-0.15, -0.1) is 0 Å². The Kier molecular flexibility index (Phi) is 4.98. The zero-order valence-electron chi connectivity index (χ0n) is 15.0. The van der Waals surface area contributed by atoms with Crippen molar-refractivity contribution in [2.45, 2.75) is 51.1 Å². The Balaban J connectivity index is 1.65. The van der Waals surface area contributed by atoms with E-state index in [0.717, 1.165) is 30.6 Å². The second-order valence-corrected chi connectivity index (χ2v) is 7.48. The van der Waals surface area contributed by atoms with E-state index in [1.54, 1.807) is 6.92 Å². The first-order chi connectivity index (χ1) is 12.3. The van der Waals surface area contributed by atoms with Crippen molar-refractivity contribution in [1.29, 1.82) is 0 Å². The molecule has 140 valence electrons. The summed E-state index contributed by atoms with van der Waals surface area (Å²) in [5, 5.41) is 5.54. The van der Waals surface area contributed by atoms with Gasteiger partial charge in [-0.2, -0.15) is 0 Å². The molecule has 0 radical (unpaired) electrons. The van der Waals surface area contributed by atoms with Crippen molar-refractivity contribution in [2.24, 2.45) is 5.92 Å². The summed E-state index contributed by atoms with van der Waals surface area (Å²) in [7, 11) is 0. The Labute approximate surface area is 152 Å². The summed E-state index contributed by atoms with van der Waals surface area (Å²) < 4.78 is 13.1. The van der Waals surface area contributed by atoms with Crippen LogP contribution in [0.2, 0.25) is 0 Å². The van der Waals surface area contributed by atoms with Gasteiger partial charge in [-0.3, -0.25) is 14.5 Å². The van der Waals surface area contributed by atoms with Gasteiger partial charge in [0, 0.05) is 6.04 Å². The highest BCUT2D eigenvalue weighted by molar-refractivity contribution is 6.09. The van der Waals surface area contributed by atoms with E-state index in [-0.39, 0.29) is 18.5 Å². The van der Waals surface area contributed by atoms with Crippen molar-refractivity contribution in [1.82, 2.24) is 15.5 Å². The van der Waals surface area contributed by atoms with Crippen LogP contribution >= 0.6 is 0 Å². The van der Waals surface area contributed by atoms with Crippen LogP contribution in [0.25, 0.3) is 0 Å². The molecule has 1 atom stereocenters. The molecule has 2 fully saturated rings. The molecule has 4 amide bonds. The third kappa shape index (κ3) is 3.57. The van der Waals surface area contributed by atoms with Gasteiger partial charge in [0.15, 0.2) is 0 Å². The summed E-state index contributed by atoms with van der Waals surface area (Å²) in [6.07, 6.45) is 3.97. The van der Waals surface area contributed by atoms with Crippen molar-refractivity contribution in [3.8, 4) is 0 Å². The second kappa shape index (κ2) is 7.05. The fraction of sp³-hybridized carbons (Fsp3) is 0.526. The third-order valence-electron chi connectivity index (χ3n) is 5.38. The van der Waals surface area contributed by atoms with E-state index in [9.17, 15) is 18.8 Å². The van der Waals surface area contributed by atoms with E-state index in [1.807, 2.05) is 0 Å². The van der Waals surface area contributed by atoms with Crippen LogP contribution in [0.4, 0.5) is 9.18 Å². The molecule has 26 heavy (non-hydrogen) atoms. The molecule has 1 aromatic rings. The molecule has 1 saturated heterocycles. The van der Waals surface area contributed by atoms with Crippen molar-refractivity contribution in [3.05, 3.63) is 35.6 Å². The SMILES string of the molecule is CC1CCC(NC(=O)CN2C(=O)N[C@](C)(c3ccc(F)cc3)C2=O)CC1. The number of nitrogens with zero attached hydrogens (tertiary/aromatic N) is 1. The Morgan fingerprint density at radius 1 is 1.23 bits per heavy atom. The highest BCUT2D eigenvalue weighted by atomic mass is 19.1. The Hall–Kier alpha value is -2.44. The first-order valence-corrected chi connectivity index (χ1v) is 8.99. The number of halogens is 1. The lowest BCUT2D eigenvalue weighted by atomic mass is 9.87. The van der Waals surface area contributed by atoms with Crippen molar-refractivity contribution < 1.29 is 18.8 Å². The lowest BCUT2D eigenvalue weighted by Gasteiger charge is -2.27. The molecule has 0 bridgehead atoms. The molecule has 1 heterocycles. The van der Waals surface area contributed by atoms with Crippen molar-refractivity contribution in [3.63, 3.8) is 0 Å². The number of nitrogens with one attached hydrogen (secondary N) is 2. The first-order valence-electron chi connectivity index (χ1n) is 8.99. The molecule has 6 nitrogen and oxygen atoms in total. The molecule has 1 saturated carbocycles. The van der Waals surface area contributed by atoms with Crippen LogP contribution in [0.5, 0.6) is 0 Å². The Morgan fingerprint density at radius 3 is 2.46 bits per heavy atom. The molecular weight excluding hydrogens is 337 g/mol. The maximum Gasteiger partial charge on any atom is 0.325 e. The number of urea groups is 1. The van der Waals surface area contributed by atoms with E-state index in [0.29, 0.717) is 11.5 Å². The number of hydrogen-bond acceptors (Lipinski definition) is 3. The van der Waals surface area contributed by atoms with Crippen LogP contribution in [0.3, 0.4) is 0 Å². The van der Waals surface area contributed by atoms with Gasteiger partial charge in [0.05, 0.1) is 0 Å². The van der Waals surface area contributed by atoms with Crippen molar-refractivity contribution in [2.75, 3.05) is 6.54 Å². The molecule has 0 unspecified atom stereocenters. The molecule has 1 aromatic carbocycles. The zero-order valence-corrected chi connectivity index (χ0v) is 15.0. The van der Waals surface area contributed by atoms with Crippen LogP contribution in [0.15, 0.2) is 24.3 Å². The summed E-state index contributed by atoms with van der Waals surface area (Å²) in [4.78, 5) is 38.2. The minimum Gasteiger partial charge on any atom is -0.352 e. The van der Waals surface area contributed by atoms with Gasteiger partial charge in [-0.1, -0.05) is 19.1 Å². The van der Waals surface area contributed by atoms with Crippen LogP contribution in [-0.2, 0) is 15.1 Å². The number of benzene rings is 1. The molecule has 2 N–H and O–H groups in total. The lowest BCUT2D eigenvalue weighted by molar-refractivity contribution is -0.135. The fourth-order valence-electron chi connectivity index (χ4n) is 3.64. The monoisotopic (exact) mass is 361 g/mol. The summed E-state index contributed by atoms with van der Waals surface area (Å²) in [6, 6.07) is 4.87. The topological polar surface area (TPSA) is 78.5 Å². The number of rotatable bonds is 4. The molecule has 0 spiro atoms. The number of carbonyl (C=O) groups excluding carboxylic acids is 3. The summed E-state index contributed by atoms with van der Waals surface area (Å²) >= 11 is 0. The highest BCUT2D eigenvalue weighted by Crippen LogP contribution is 2.29. The standard InChI is InChI=1S/C19H24FN3O3/c1-12-3-9-15(10-4-12)21-16(24)11-23-17(25)19(2,22-18(23)26)13-5-7-14(20)8-6-13/h5-8,12,15H,3-4,9-11H2,1-2H3,(H,21,24)(H,22,26)/t12?,15?,19-/m1/s1. The zero-order chi connectivity index (χ0) is 18.9. The van der Waals surface area contributed by atoms with E-state index in [2.05, 4.69) is 17.6 Å². The number of carbonyl (C=O) groups is 3. The molecule has 2 aliphatic rings. The number of amides is 4. The van der Waals surface area contributed by atoms with E-state index in [4.69, 9.17) is 0 Å². The predicted molar refractivity (Wildman–Crippen MR) is 93.6 cm³/mol. The van der Waals surface area contributed by atoms with Gasteiger partial charge in [-0.25, -0.2) is 9.18 Å². The van der Waals surface area contributed by atoms with Gasteiger partial charge in [0.25, 0.3) is 5.91 Å². The van der Waals surface area contributed by atoms with Crippen LogP contribution in [0.1, 0.15) is 45.1 Å². The molecular formula is C19H24FN3O3. The summed E-state index contributed by atoms with van der Waals surface area (Å²) in [6.45, 7) is 3.44. The predicted octanol–water partition coefficient (Wildman–Crippen LogP) is 2.29. The average molecular weight is 361 g/mol. The highest BCUT2D eigenvalue weighted by Gasteiger charge is 2.49. The normalized spacial score (nSPS) is 28.8. The van der Waals surface area contributed by atoms with E-state index < -0.39 is 23.3 Å². The third-order valence-corrected chi connectivity index (χ3v) is 5.38. The van der Waals surface area contributed by atoms with Crippen LogP contribution in [-0.4, -0.2) is 35.3 Å². The second-order valence-electron chi connectivity index (χ2n) is 7.48. The van der Waals surface area contributed by atoms with Gasteiger partial charge >= 0.3 is 6.03 Å². The Morgan fingerprint density at radius 2 is 1.85 bits per heavy atom. The smallest absolute Gasteiger partial charge is 0.325 e. The fourth-order valence-corrected chi connectivity index (χ4v) is 3.64. The van der Waals surface area contributed by atoms with Gasteiger partial charge < -0.3 is 10.6 Å². The van der Waals surface area contributed by atoms with Crippen LogP contribution in [0, 0.1) is 11.7 Å². The number of hydrogen-bond donors (Lipinski definition) is 2. The molecule has 3 rings (SSSR count). The largest absolute Gasteiger partial charge is 0.352 e.